The summed E-state index contributed by atoms with van der Waals surface area (Å²) < 4.78 is 20.7. The molecule has 2 fully saturated rings. The largest absolute Gasteiger partial charge is 0.480 e. The molecule has 0 N–H and O–H groups in total. The first-order chi connectivity index (χ1) is 8.30. The second-order valence-corrected chi connectivity index (χ2v) is 5.29. The minimum Gasteiger partial charge on any atom is -0.480 e. The maximum absolute atomic E-state index is 5.69. The summed E-state index contributed by atoms with van der Waals surface area (Å²) in [5, 5.41) is 0. The minimum absolute atomic E-state index is 0.325. The second-order valence-electron chi connectivity index (χ2n) is 4.40. The predicted octanol–water partition coefficient (Wildman–Crippen LogP) is 1.10. The lowest BCUT2D eigenvalue weighted by atomic mass is 10.2. The van der Waals surface area contributed by atoms with Gasteiger partial charge in [0.2, 0.25) is 5.88 Å². The van der Waals surface area contributed by atoms with Crippen molar-refractivity contribution in [1.82, 2.24) is 9.27 Å². The normalized spacial score (nSPS) is 23.6. The average Bonchev–Trinajstić information content (AvgIpc) is 3.03. The summed E-state index contributed by atoms with van der Waals surface area (Å²) in [6, 6.07) is 1.99. The van der Waals surface area contributed by atoms with Gasteiger partial charge >= 0.3 is 0 Å². The van der Waals surface area contributed by atoms with Gasteiger partial charge in [0.05, 0.1) is 26.9 Å². The van der Waals surface area contributed by atoms with Crippen LogP contribution < -0.4 is 4.74 Å². The molecule has 17 heavy (non-hydrogen) atoms. The van der Waals surface area contributed by atoms with E-state index in [1.807, 2.05) is 6.07 Å². The zero-order valence-electron chi connectivity index (χ0n) is 9.85. The Balaban J connectivity index is 1.59. The summed E-state index contributed by atoms with van der Waals surface area (Å²) in [5.41, 5.74) is 0. The standard InChI is InChI=1S/C11H16N2O3S/c1-14-10-6-9(17-12-10)7-13-3-2-11(8-13)15-4-5-16-11/h6H,2-5,7-8H2,1H3. The summed E-state index contributed by atoms with van der Waals surface area (Å²) in [6.45, 7) is 4.22. The fourth-order valence-electron chi connectivity index (χ4n) is 2.38. The summed E-state index contributed by atoms with van der Waals surface area (Å²) in [6.07, 6.45) is 0.961. The smallest absolute Gasteiger partial charge is 0.225 e. The molecule has 0 atom stereocenters. The molecule has 0 amide bonds. The van der Waals surface area contributed by atoms with Crippen LogP contribution >= 0.6 is 11.5 Å². The molecule has 6 heteroatoms. The summed E-state index contributed by atoms with van der Waals surface area (Å²) in [7, 11) is 1.64. The molecule has 3 rings (SSSR count). The highest BCUT2D eigenvalue weighted by Crippen LogP contribution is 2.31. The van der Waals surface area contributed by atoms with Crippen molar-refractivity contribution < 1.29 is 14.2 Å². The van der Waals surface area contributed by atoms with Gasteiger partial charge in [-0.1, -0.05) is 0 Å². The van der Waals surface area contributed by atoms with Crippen molar-refractivity contribution in [2.45, 2.75) is 18.8 Å². The highest BCUT2D eigenvalue weighted by Gasteiger charge is 2.43. The van der Waals surface area contributed by atoms with E-state index < -0.39 is 0 Å². The van der Waals surface area contributed by atoms with Crippen molar-refractivity contribution >= 4 is 11.5 Å². The number of likely N-dealkylation sites (tertiary alicyclic amines) is 1. The van der Waals surface area contributed by atoms with Crippen molar-refractivity contribution in [3.8, 4) is 5.88 Å². The van der Waals surface area contributed by atoms with Crippen molar-refractivity contribution in [3.05, 3.63) is 10.9 Å². The van der Waals surface area contributed by atoms with E-state index in [0.29, 0.717) is 5.88 Å². The van der Waals surface area contributed by atoms with Gasteiger partial charge in [-0.05, 0) is 11.5 Å². The van der Waals surface area contributed by atoms with Gasteiger partial charge in [-0.2, -0.15) is 4.37 Å². The fraction of sp³-hybridized carbons (Fsp3) is 0.727. The molecule has 2 saturated heterocycles. The third-order valence-electron chi connectivity index (χ3n) is 3.21. The maximum atomic E-state index is 5.69. The number of methoxy groups -OCH3 is 1. The second kappa shape index (κ2) is 4.53. The van der Waals surface area contributed by atoms with Crippen LogP contribution in [0, 0.1) is 0 Å². The average molecular weight is 256 g/mol. The summed E-state index contributed by atoms with van der Waals surface area (Å²) in [5.74, 6) is 0.377. The van der Waals surface area contributed by atoms with Crippen LogP contribution in [0.4, 0.5) is 0 Å². The molecular weight excluding hydrogens is 240 g/mol. The Bertz CT molecular complexity index is 390. The Hall–Kier alpha value is -0.690. The number of hydrogen-bond acceptors (Lipinski definition) is 6. The van der Waals surface area contributed by atoms with Gasteiger partial charge in [0.1, 0.15) is 0 Å². The van der Waals surface area contributed by atoms with Gasteiger partial charge in [0.15, 0.2) is 5.79 Å². The van der Waals surface area contributed by atoms with Crippen molar-refractivity contribution in [1.29, 1.82) is 0 Å². The minimum atomic E-state index is -0.325. The molecule has 1 spiro atoms. The van der Waals surface area contributed by atoms with E-state index in [1.54, 1.807) is 7.11 Å². The van der Waals surface area contributed by atoms with Gasteiger partial charge in [-0.25, -0.2) is 0 Å². The Labute approximate surface area is 104 Å². The molecule has 3 heterocycles. The van der Waals surface area contributed by atoms with E-state index in [-0.39, 0.29) is 5.79 Å². The lowest BCUT2D eigenvalue weighted by Crippen LogP contribution is -2.33. The van der Waals surface area contributed by atoms with Crippen LogP contribution in [-0.4, -0.2) is 48.5 Å². The lowest BCUT2D eigenvalue weighted by Gasteiger charge is -2.21. The number of nitrogens with zero attached hydrogens (tertiary/aromatic N) is 2. The van der Waals surface area contributed by atoms with Crippen LogP contribution in [0.15, 0.2) is 6.07 Å². The number of aromatic nitrogens is 1. The molecule has 0 bridgehead atoms. The predicted molar refractivity (Wildman–Crippen MR) is 63.2 cm³/mol. The van der Waals surface area contributed by atoms with Crippen LogP contribution in [0.3, 0.4) is 0 Å². The first kappa shape index (κ1) is 11.4. The third kappa shape index (κ3) is 2.30. The van der Waals surface area contributed by atoms with Gasteiger partial charge in [0, 0.05) is 30.5 Å². The zero-order chi connectivity index (χ0) is 11.7. The molecule has 0 radical (unpaired) electrons. The topological polar surface area (TPSA) is 43.8 Å². The molecule has 0 unspecified atom stereocenters. The molecule has 94 valence electrons. The zero-order valence-corrected chi connectivity index (χ0v) is 10.7. The quantitative estimate of drug-likeness (QED) is 0.810. The molecule has 0 aromatic carbocycles. The Morgan fingerprint density at radius 2 is 2.35 bits per heavy atom. The van der Waals surface area contributed by atoms with E-state index in [1.165, 1.54) is 16.4 Å². The van der Waals surface area contributed by atoms with Crippen LogP contribution in [0.5, 0.6) is 5.88 Å². The Morgan fingerprint density at radius 3 is 3.06 bits per heavy atom. The molecule has 1 aromatic heterocycles. The number of ether oxygens (including phenoxy) is 3. The highest BCUT2D eigenvalue weighted by atomic mass is 32.1. The number of rotatable bonds is 3. The molecule has 2 aliphatic heterocycles. The molecular formula is C11H16N2O3S. The van der Waals surface area contributed by atoms with E-state index in [9.17, 15) is 0 Å². The van der Waals surface area contributed by atoms with Gasteiger partial charge in [0.25, 0.3) is 0 Å². The Kier molecular flexibility index (Phi) is 3.04. The van der Waals surface area contributed by atoms with E-state index in [2.05, 4.69) is 9.27 Å². The Morgan fingerprint density at radius 1 is 1.53 bits per heavy atom. The lowest BCUT2D eigenvalue weighted by molar-refractivity contribution is -0.145. The van der Waals surface area contributed by atoms with E-state index in [4.69, 9.17) is 14.2 Å². The van der Waals surface area contributed by atoms with Gasteiger partial charge in [-0.15, -0.1) is 0 Å². The van der Waals surface area contributed by atoms with E-state index >= 15 is 0 Å². The van der Waals surface area contributed by atoms with Crippen molar-refractivity contribution in [3.63, 3.8) is 0 Å². The first-order valence-corrected chi connectivity index (χ1v) is 6.57. The van der Waals surface area contributed by atoms with Gasteiger partial charge in [-0.3, -0.25) is 4.90 Å². The summed E-state index contributed by atoms with van der Waals surface area (Å²) in [4.78, 5) is 3.56. The van der Waals surface area contributed by atoms with Gasteiger partial charge < -0.3 is 14.2 Å². The van der Waals surface area contributed by atoms with Crippen LogP contribution in [0.1, 0.15) is 11.3 Å². The molecule has 2 aliphatic rings. The molecule has 0 aliphatic carbocycles. The highest BCUT2D eigenvalue weighted by molar-refractivity contribution is 7.05. The maximum Gasteiger partial charge on any atom is 0.225 e. The first-order valence-electron chi connectivity index (χ1n) is 5.79. The SMILES string of the molecule is COc1cc(CN2CCC3(C2)OCCO3)sn1. The van der Waals surface area contributed by atoms with Crippen molar-refractivity contribution in [2.24, 2.45) is 0 Å². The molecule has 1 aromatic rings. The van der Waals surface area contributed by atoms with Crippen LogP contribution in [0.2, 0.25) is 0 Å². The third-order valence-corrected chi connectivity index (χ3v) is 3.97. The van der Waals surface area contributed by atoms with Crippen LogP contribution in [-0.2, 0) is 16.0 Å². The van der Waals surface area contributed by atoms with Crippen molar-refractivity contribution in [2.75, 3.05) is 33.4 Å². The van der Waals surface area contributed by atoms with E-state index in [0.717, 1.165) is 39.3 Å². The molecule has 5 nitrogen and oxygen atoms in total. The molecule has 0 saturated carbocycles. The fourth-order valence-corrected chi connectivity index (χ4v) is 3.11. The number of hydrogen-bond donors (Lipinski definition) is 0. The van der Waals surface area contributed by atoms with Crippen LogP contribution in [0.25, 0.3) is 0 Å². The monoisotopic (exact) mass is 256 g/mol. The summed E-state index contributed by atoms with van der Waals surface area (Å²) >= 11 is 1.49.